The number of allylic oxidation sites excluding steroid dienone is 2. The van der Waals surface area contributed by atoms with Crippen LogP contribution < -0.4 is 0 Å². The van der Waals surface area contributed by atoms with Gasteiger partial charge in [0.15, 0.2) is 5.78 Å². The molecular formula is C24H38N2O. The molecule has 27 heavy (non-hydrogen) atoms. The number of aromatic nitrogens is 2. The van der Waals surface area contributed by atoms with Gasteiger partial charge >= 0.3 is 0 Å². The lowest BCUT2D eigenvalue weighted by atomic mass is 9.79. The van der Waals surface area contributed by atoms with E-state index in [0.717, 1.165) is 12.1 Å². The van der Waals surface area contributed by atoms with E-state index in [0.29, 0.717) is 5.78 Å². The average molecular weight is 371 g/mol. The van der Waals surface area contributed by atoms with E-state index in [1.807, 2.05) is 43.8 Å². The summed E-state index contributed by atoms with van der Waals surface area (Å²) >= 11 is 0. The molecule has 150 valence electrons. The van der Waals surface area contributed by atoms with E-state index in [-0.39, 0.29) is 22.3 Å². The maximum absolute atomic E-state index is 11.1. The van der Waals surface area contributed by atoms with Crippen molar-refractivity contribution in [1.82, 2.24) is 9.78 Å². The van der Waals surface area contributed by atoms with Crippen LogP contribution in [0.1, 0.15) is 74.4 Å². The van der Waals surface area contributed by atoms with E-state index >= 15 is 0 Å². The molecule has 0 amide bonds. The van der Waals surface area contributed by atoms with E-state index < -0.39 is 0 Å². The normalized spacial score (nSPS) is 16.6. The molecule has 1 aliphatic carbocycles. The van der Waals surface area contributed by atoms with Gasteiger partial charge in [0, 0.05) is 17.5 Å². The number of terminal acetylenes is 1. The van der Waals surface area contributed by atoms with Gasteiger partial charge in [-0.15, -0.1) is 12.3 Å². The number of carbonyl (C=O) groups is 1. The number of rotatable bonds is 1. The first kappa shape index (κ1) is 24.9. The molecule has 2 rings (SSSR count). The predicted molar refractivity (Wildman–Crippen MR) is 117 cm³/mol. The van der Waals surface area contributed by atoms with Crippen molar-refractivity contribution >= 4 is 11.9 Å². The average Bonchev–Trinajstić information content (AvgIpc) is 3.15. The molecule has 1 atom stereocenters. The summed E-state index contributed by atoms with van der Waals surface area (Å²) in [5.41, 5.74) is 1.21. The second-order valence-corrected chi connectivity index (χ2v) is 9.91. The zero-order valence-corrected chi connectivity index (χ0v) is 18.8. The zero-order chi connectivity index (χ0) is 21.5. The fourth-order valence-corrected chi connectivity index (χ4v) is 2.15. The molecule has 0 bridgehead atoms. The Morgan fingerprint density at radius 2 is 1.70 bits per heavy atom. The summed E-state index contributed by atoms with van der Waals surface area (Å²) in [5.74, 6) is 3.13. The molecule has 0 N–H and O–H groups in total. The van der Waals surface area contributed by atoms with E-state index in [2.05, 4.69) is 59.1 Å². The van der Waals surface area contributed by atoms with Crippen molar-refractivity contribution in [3.05, 3.63) is 36.7 Å². The van der Waals surface area contributed by atoms with Crippen LogP contribution in [0.4, 0.5) is 0 Å². The number of nitrogens with zero attached hydrogens (tertiary/aromatic N) is 2. The Kier molecular flexibility index (Phi) is 8.99. The third kappa shape index (κ3) is 9.99. The fraction of sp³-hybridized carbons (Fsp3) is 0.583. The minimum absolute atomic E-state index is 0.0694. The van der Waals surface area contributed by atoms with Crippen LogP contribution in [0.2, 0.25) is 0 Å². The van der Waals surface area contributed by atoms with Gasteiger partial charge in [-0.3, -0.25) is 9.48 Å². The Balaban J connectivity index is 0.000000394. The highest BCUT2D eigenvalue weighted by Gasteiger charge is 2.31. The molecular weight excluding hydrogens is 332 g/mol. The molecule has 1 aliphatic rings. The minimum Gasteiger partial charge on any atom is -0.295 e. The van der Waals surface area contributed by atoms with Crippen molar-refractivity contribution in [3.63, 3.8) is 0 Å². The van der Waals surface area contributed by atoms with Crippen molar-refractivity contribution in [2.24, 2.45) is 16.7 Å². The van der Waals surface area contributed by atoms with Gasteiger partial charge in [-0.1, -0.05) is 33.4 Å². The summed E-state index contributed by atoms with van der Waals surface area (Å²) in [4.78, 5) is 11.1. The first-order valence-electron chi connectivity index (χ1n) is 9.48. The molecule has 0 spiro atoms. The van der Waals surface area contributed by atoms with Gasteiger partial charge in [0.05, 0.1) is 11.2 Å². The van der Waals surface area contributed by atoms with Gasteiger partial charge in [-0.2, -0.15) is 5.10 Å². The van der Waals surface area contributed by atoms with Crippen molar-refractivity contribution in [2.75, 3.05) is 0 Å². The van der Waals surface area contributed by atoms with E-state index in [9.17, 15) is 4.79 Å². The quantitative estimate of drug-likeness (QED) is 0.558. The second-order valence-electron chi connectivity index (χ2n) is 9.91. The summed E-state index contributed by atoms with van der Waals surface area (Å²) in [6, 6.07) is 1.96. The van der Waals surface area contributed by atoms with E-state index in [4.69, 9.17) is 6.42 Å². The Hall–Kier alpha value is -2.08. The highest BCUT2D eigenvalue weighted by Crippen LogP contribution is 2.32. The van der Waals surface area contributed by atoms with Crippen LogP contribution in [-0.4, -0.2) is 15.6 Å². The Morgan fingerprint density at radius 1 is 1.19 bits per heavy atom. The molecule has 0 aromatic carbocycles. The lowest BCUT2D eigenvalue weighted by molar-refractivity contribution is -0.120. The van der Waals surface area contributed by atoms with Gasteiger partial charge < -0.3 is 0 Å². The minimum atomic E-state index is 0.0694. The molecule has 3 heteroatoms. The number of hydrogen-bond donors (Lipinski definition) is 0. The summed E-state index contributed by atoms with van der Waals surface area (Å²) in [5, 5.41) is 4.30. The first-order valence-corrected chi connectivity index (χ1v) is 9.48. The summed E-state index contributed by atoms with van der Waals surface area (Å²) in [6.45, 7) is 22.4. The van der Waals surface area contributed by atoms with Crippen molar-refractivity contribution in [3.8, 4) is 12.3 Å². The summed E-state index contributed by atoms with van der Waals surface area (Å²) in [7, 11) is 0. The van der Waals surface area contributed by atoms with E-state index in [1.54, 1.807) is 12.2 Å². The van der Waals surface area contributed by atoms with Crippen LogP contribution in [0.15, 0.2) is 31.0 Å². The topological polar surface area (TPSA) is 34.9 Å². The molecule has 0 aliphatic heterocycles. The molecule has 1 heterocycles. The van der Waals surface area contributed by atoms with Crippen molar-refractivity contribution < 1.29 is 4.79 Å². The molecule has 0 radical (unpaired) electrons. The summed E-state index contributed by atoms with van der Waals surface area (Å²) < 4.78 is 1.93. The monoisotopic (exact) mass is 370 g/mol. The molecule has 0 fully saturated rings. The lowest BCUT2D eigenvalue weighted by Crippen LogP contribution is -2.23. The zero-order valence-electron chi connectivity index (χ0n) is 18.8. The molecule has 1 unspecified atom stereocenters. The van der Waals surface area contributed by atoms with Gasteiger partial charge in [-0.25, -0.2) is 0 Å². The maximum atomic E-state index is 11.1. The number of hydrogen-bond acceptors (Lipinski definition) is 2. The van der Waals surface area contributed by atoms with Crippen LogP contribution in [0.5, 0.6) is 0 Å². The molecule has 3 nitrogen and oxygen atoms in total. The maximum Gasteiger partial charge on any atom is 0.159 e. The van der Waals surface area contributed by atoms with Crippen molar-refractivity contribution in [1.29, 1.82) is 0 Å². The van der Waals surface area contributed by atoms with Crippen LogP contribution in [-0.2, 0) is 10.3 Å². The number of ketones is 1. The molecule has 0 saturated heterocycles. The smallest absolute Gasteiger partial charge is 0.159 e. The highest BCUT2D eigenvalue weighted by molar-refractivity contribution is 5.94. The van der Waals surface area contributed by atoms with E-state index in [1.165, 1.54) is 0 Å². The van der Waals surface area contributed by atoms with Crippen LogP contribution in [0, 0.1) is 29.1 Å². The van der Waals surface area contributed by atoms with Gasteiger partial charge in [0.1, 0.15) is 0 Å². The SMILES string of the molecule is C#CC(C)(C)C.C=Cc1ccn(C(C)(C)C)n1.CC(C)(C)C1CC=CC1=O. The Morgan fingerprint density at radius 3 is 1.89 bits per heavy atom. The van der Waals surface area contributed by atoms with Crippen molar-refractivity contribution in [2.45, 2.75) is 74.3 Å². The third-order valence-corrected chi connectivity index (χ3v) is 3.98. The Bertz CT molecular complexity index is 680. The summed E-state index contributed by atoms with van der Waals surface area (Å²) in [6.07, 6.45) is 13.4. The largest absolute Gasteiger partial charge is 0.295 e. The molecule has 1 aromatic rings. The Labute approximate surface area is 166 Å². The van der Waals surface area contributed by atoms with Gasteiger partial charge in [0.25, 0.3) is 0 Å². The number of carbonyl (C=O) groups excluding carboxylic acids is 1. The van der Waals surface area contributed by atoms with Crippen LogP contribution in [0.25, 0.3) is 6.08 Å². The van der Waals surface area contributed by atoms with Gasteiger partial charge in [-0.05, 0) is 71.6 Å². The first-order chi connectivity index (χ1) is 12.1. The van der Waals surface area contributed by atoms with Crippen LogP contribution in [0.3, 0.4) is 0 Å². The predicted octanol–water partition coefficient (Wildman–Crippen LogP) is 6.12. The van der Waals surface area contributed by atoms with Crippen LogP contribution >= 0.6 is 0 Å². The van der Waals surface area contributed by atoms with Gasteiger partial charge in [0.2, 0.25) is 0 Å². The second kappa shape index (κ2) is 9.74. The lowest BCUT2D eigenvalue weighted by Gasteiger charge is -2.24. The fourth-order valence-electron chi connectivity index (χ4n) is 2.15. The third-order valence-electron chi connectivity index (χ3n) is 3.98. The standard InChI is InChI=1S/C9H14N2.C9H14O.C6H10/c1-5-8-6-7-11(10-8)9(2,3)4;1-9(2,3)7-5-4-6-8(7)10;1-5-6(2,3)4/h5-7H,1H2,2-4H3;4,6-7H,5H2,1-3H3;1H,2-4H3. The molecule has 0 saturated carbocycles. The molecule has 1 aromatic heterocycles. The highest BCUT2D eigenvalue weighted by atomic mass is 16.1.